The Morgan fingerprint density at radius 2 is 1.71 bits per heavy atom. The first-order chi connectivity index (χ1) is 11.6. The molecule has 1 fully saturated rings. The first kappa shape index (κ1) is 15.8. The molecule has 7 nitrogen and oxygen atoms in total. The van der Waals surface area contributed by atoms with Crippen LogP contribution in [0.3, 0.4) is 0 Å². The van der Waals surface area contributed by atoms with Crippen molar-refractivity contribution in [3.8, 4) is 5.75 Å². The molecule has 0 bridgehead atoms. The minimum Gasteiger partial charge on any atom is -0.506 e. The van der Waals surface area contributed by atoms with Crippen LogP contribution in [0.15, 0.2) is 48.7 Å². The Hall–Kier alpha value is -3.09. The smallest absolute Gasteiger partial charge is 0.314 e. The molecule has 1 aliphatic rings. The first-order valence-corrected chi connectivity index (χ1v) is 7.69. The van der Waals surface area contributed by atoms with E-state index < -0.39 is 11.8 Å². The fraction of sp³-hybridized carbons (Fsp3) is 0.235. The van der Waals surface area contributed by atoms with Crippen LogP contribution in [0.25, 0.3) is 0 Å². The van der Waals surface area contributed by atoms with E-state index in [-0.39, 0.29) is 11.4 Å². The number of rotatable bonds is 2. The molecule has 2 heterocycles. The molecular formula is C17H18N4O3. The average Bonchev–Trinajstić information content (AvgIpc) is 2.64. The van der Waals surface area contributed by atoms with Gasteiger partial charge in [-0.3, -0.25) is 9.59 Å². The number of phenolic OH excluding ortho intramolecular Hbond substituents is 1. The molecule has 0 radical (unpaired) electrons. The van der Waals surface area contributed by atoms with Gasteiger partial charge in [0, 0.05) is 32.4 Å². The Bertz CT molecular complexity index is 728. The summed E-state index contributed by atoms with van der Waals surface area (Å²) in [6.45, 7) is 2.13. The highest BCUT2D eigenvalue weighted by Gasteiger charge is 2.26. The number of para-hydroxylation sites is 2. The number of pyridine rings is 1. The average molecular weight is 326 g/mol. The van der Waals surface area contributed by atoms with Crippen LogP contribution in [0.5, 0.6) is 5.75 Å². The van der Waals surface area contributed by atoms with Gasteiger partial charge in [-0.15, -0.1) is 0 Å². The van der Waals surface area contributed by atoms with Gasteiger partial charge in [0.05, 0.1) is 5.69 Å². The fourth-order valence-electron chi connectivity index (χ4n) is 2.58. The normalized spacial score (nSPS) is 14.3. The van der Waals surface area contributed by atoms with Crippen molar-refractivity contribution in [2.24, 2.45) is 0 Å². The van der Waals surface area contributed by atoms with Gasteiger partial charge in [-0.1, -0.05) is 18.2 Å². The van der Waals surface area contributed by atoms with Crippen LogP contribution in [0, 0.1) is 0 Å². The molecule has 0 aliphatic carbocycles. The lowest BCUT2D eigenvalue weighted by Gasteiger charge is -2.34. The van der Waals surface area contributed by atoms with Crippen LogP contribution in [-0.4, -0.2) is 53.0 Å². The number of anilines is 2. The number of aromatic nitrogens is 1. The lowest BCUT2D eigenvalue weighted by atomic mass is 10.2. The number of hydrogen-bond acceptors (Lipinski definition) is 5. The minimum absolute atomic E-state index is 0.0707. The molecule has 0 unspecified atom stereocenters. The van der Waals surface area contributed by atoms with Gasteiger partial charge in [0.2, 0.25) is 0 Å². The molecule has 24 heavy (non-hydrogen) atoms. The van der Waals surface area contributed by atoms with Crippen molar-refractivity contribution in [2.75, 3.05) is 36.4 Å². The van der Waals surface area contributed by atoms with Crippen LogP contribution >= 0.6 is 0 Å². The molecule has 7 heteroatoms. The van der Waals surface area contributed by atoms with Crippen LogP contribution < -0.4 is 10.2 Å². The lowest BCUT2D eigenvalue weighted by molar-refractivity contribution is -0.143. The van der Waals surface area contributed by atoms with E-state index in [2.05, 4.69) is 15.2 Å². The monoisotopic (exact) mass is 326 g/mol. The van der Waals surface area contributed by atoms with Crippen LogP contribution in [0.4, 0.5) is 11.5 Å². The molecule has 1 aliphatic heterocycles. The van der Waals surface area contributed by atoms with Crippen molar-refractivity contribution in [3.05, 3.63) is 48.7 Å². The van der Waals surface area contributed by atoms with Gasteiger partial charge in [-0.25, -0.2) is 4.98 Å². The van der Waals surface area contributed by atoms with Gasteiger partial charge in [0.15, 0.2) is 0 Å². The third kappa shape index (κ3) is 3.45. The summed E-state index contributed by atoms with van der Waals surface area (Å²) in [5.74, 6) is -0.552. The molecule has 0 spiro atoms. The van der Waals surface area contributed by atoms with Crippen LogP contribution in [-0.2, 0) is 9.59 Å². The highest BCUT2D eigenvalue weighted by molar-refractivity contribution is 6.39. The molecule has 1 aromatic carbocycles. The Balaban J connectivity index is 1.57. The minimum atomic E-state index is -0.747. The van der Waals surface area contributed by atoms with Gasteiger partial charge in [-0.2, -0.15) is 0 Å². The molecule has 124 valence electrons. The fourth-order valence-corrected chi connectivity index (χ4v) is 2.58. The van der Waals surface area contributed by atoms with Crippen LogP contribution in [0.2, 0.25) is 0 Å². The van der Waals surface area contributed by atoms with E-state index in [0.717, 1.165) is 5.82 Å². The molecule has 3 rings (SSSR count). The molecule has 1 aromatic heterocycles. The van der Waals surface area contributed by atoms with E-state index in [9.17, 15) is 14.7 Å². The van der Waals surface area contributed by atoms with Gasteiger partial charge in [0.1, 0.15) is 11.6 Å². The Morgan fingerprint density at radius 1 is 1.00 bits per heavy atom. The standard InChI is InChI=1S/C17H18N4O3/c22-14-6-2-1-5-13(14)19-16(23)17(24)21-11-9-20(10-12-21)15-7-3-4-8-18-15/h1-8,22H,9-12H2,(H,19,23). The van der Waals surface area contributed by atoms with Gasteiger partial charge < -0.3 is 20.2 Å². The summed E-state index contributed by atoms with van der Waals surface area (Å²) in [5.41, 5.74) is 0.225. The van der Waals surface area contributed by atoms with E-state index in [0.29, 0.717) is 26.2 Å². The molecule has 2 N–H and O–H groups in total. The summed E-state index contributed by atoms with van der Waals surface area (Å²) >= 11 is 0. The summed E-state index contributed by atoms with van der Waals surface area (Å²) in [5, 5.41) is 12.1. The second-order valence-electron chi connectivity index (χ2n) is 5.44. The number of piperazine rings is 1. The van der Waals surface area contributed by atoms with Gasteiger partial charge >= 0.3 is 11.8 Å². The second-order valence-corrected chi connectivity index (χ2v) is 5.44. The highest BCUT2D eigenvalue weighted by Crippen LogP contribution is 2.21. The van der Waals surface area contributed by atoms with E-state index in [4.69, 9.17) is 0 Å². The second kappa shape index (κ2) is 6.99. The van der Waals surface area contributed by atoms with Crippen molar-refractivity contribution in [3.63, 3.8) is 0 Å². The number of hydrogen-bond donors (Lipinski definition) is 2. The maximum Gasteiger partial charge on any atom is 0.314 e. The van der Waals surface area contributed by atoms with Crippen molar-refractivity contribution < 1.29 is 14.7 Å². The first-order valence-electron chi connectivity index (χ1n) is 7.69. The third-order valence-corrected chi connectivity index (χ3v) is 3.89. The third-order valence-electron chi connectivity index (χ3n) is 3.89. The predicted molar refractivity (Wildman–Crippen MR) is 89.8 cm³/mol. The molecule has 0 atom stereocenters. The lowest BCUT2D eigenvalue weighted by Crippen LogP contribution is -2.51. The summed E-state index contributed by atoms with van der Waals surface area (Å²) in [6, 6.07) is 12.0. The maximum absolute atomic E-state index is 12.3. The molecule has 2 aromatic rings. The highest BCUT2D eigenvalue weighted by atomic mass is 16.3. The number of benzene rings is 1. The van der Waals surface area contributed by atoms with E-state index >= 15 is 0 Å². The summed E-state index contributed by atoms with van der Waals surface area (Å²) in [7, 11) is 0. The Labute approximate surface area is 139 Å². The molecule has 0 saturated carbocycles. The number of phenols is 1. The summed E-state index contributed by atoms with van der Waals surface area (Å²) < 4.78 is 0. The van der Waals surface area contributed by atoms with E-state index in [1.165, 1.54) is 11.0 Å². The number of nitrogens with one attached hydrogen (secondary N) is 1. The zero-order valence-corrected chi connectivity index (χ0v) is 13.1. The Morgan fingerprint density at radius 3 is 2.38 bits per heavy atom. The predicted octanol–water partition coefficient (Wildman–Crippen LogP) is 1.07. The van der Waals surface area contributed by atoms with Crippen molar-refractivity contribution >= 4 is 23.3 Å². The zero-order valence-electron chi connectivity index (χ0n) is 13.1. The number of carbonyl (C=O) groups is 2. The molecule has 1 saturated heterocycles. The maximum atomic E-state index is 12.3. The Kier molecular flexibility index (Phi) is 4.60. The SMILES string of the molecule is O=C(Nc1ccccc1O)C(=O)N1CCN(c2ccccn2)CC1. The number of amides is 2. The topological polar surface area (TPSA) is 85.8 Å². The van der Waals surface area contributed by atoms with Gasteiger partial charge in [-0.05, 0) is 24.3 Å². The largest absolute Gasteiger partial charge is 0.506 e. The van der Waals surface area contributed by atoms with Gasteiger partial charge in [0.25, 0.3) is 0 Å². The number of nitrogens with zero attached hydrogens (tertiary/aromatic N) is 3. The van der Waals surface area contributed by atoms with Crippen LogP contribution in [0.1, 0.15) is 0 Å². The van der Waals surface area contributed by atoms with E-state index in [1.807, 2.05) is 18.2 Å². The summed E-state index contributed by atoms with van der Waals surface area (Å²) in [4.78, 5) is 32.2. The van der Waals surface area contributed by atoms with Crippen molar-refractivity contribution in [1.82, 2.24) is 9.88 Å². The number of carbonyl (C=O) groups excluding carboxylic acids is 2. The zero-order chi connectivity index (χ0) is 16.9. The quantitative estimate of drug-likeness (QED) is 0.637. The number of aromatic hydroxyl groups is 1. The summed E-state index contributed by atoms with van der Waals surface area (Å²) in [6.07, 6.45) is 1.73. The van der Waals surface area contributed by atoms with Crippen molar-refractivity contribution in [2.45, 2.75) is 0 Å². The molecular weight excluding hydrogens is 308 g/mol. The van der Waals surface area contributed by atoms with E-state index in [1.54, 1.807) is 24.4 Å². The molecule has 2 amide bonds. The van der Waals surface area contributed by atoms with Crippen molar-refractivity contribution in [1.29, 1.82) is 0 Å².